The van der Waals surface area contributed by atoms with E-state index in [1.807, 2.05) is 30.3 Å². The van der Waals surface area contributed by atoms with Gasteiger partial charge in [-0.1, -0.05) is 42.5 Å². The van der Waals surface area contributed by atoms with Crippen LogP contribution in [0.1, 0.15) is 49.7 Å². The third-order valence-electron chi connectivity index (χ3n) is 11.1. The summed E-state index contributed by atoms with van der Waals surface area (Å²) in [5, 5.41) is 39.7. The van der Waals surface area contributed by atoms with Gasteiger partial charge in [-0.2, -0.15) is 5.90 Å². The second-order valence-electron chi connectivity index (χ2n) is 15.1. The van der Waals surface area contributed by atoms with E-state index in [-0.39, 0.29) is 48.7 Å². The number of carbonyl (C=O) groups is 3. The van der Waals surface area contributed by atoms with Gasteiger partial charge in [0, 0.05) is 37.0 Å². The van der Waals surface area contributed by atoms with Crippen molar-refractivity contribution in [3.05, 3.63) is 94.3 Å². The number of nitrogens with one attached hydrogen (secondary N) is 1. The lowest BCUT2D eigenvalue weighted by atomic mass is 9.54. The van der Waals surface area contributed by atoms with E-state index in [1.54, 1.807) is 82.2 Å². The Balaban J connectivity index is 1.50. The highest BCUT2D eigenvalue weighted by molar-refractivity contribution is 7.54. The molecule has 15 nitrogen and oxygen atoms in total. The molecule has 57 heavy (non-hydrogen) atoms. The fourth-order valence-corrected chi connectivity index (χ4v) is 10.6. The minimum Gasteiger partial charge on any atom is -0.507 e. The number of para-hydroxylation sites is 1. The second kappa shape index (κ2) is 15.5. The zero-order valence-electron chi connectivity index (χ0n) is 33.0. The van der Waals surface area contributed by atoms with Crippen LogP contribution in [0, 0.1) is 5.92 Å². The van der Waals surface area contributed by atoms with Gasteiger partial charge in [0.05, 0.1) is 35.9 Å². The summed E-state index contributed by atoms with van der Waals surface area (Å²) in [4.78, 5) is 49.9. The fourth-order valence-electron chi connectivity index (χ4n) is 8.65. The maximum absolute atomic E-state index is 14.6. The smallest absolute Gasteiger partial charge is 0.357 e. The second-order valence-corrected chi connectivity index (χ2v) is 17.2. The summed E-state index contributed by atoms with van der Waals surface area (Å²) in [7, 11) is 3.05. The third-order valence-corrected chi connectivity index (χ3v) is 13.4. The van der Waals surface area contributed by atoms with Crippen LogP contribution in [0.5, 0.6) is 5.75 Å². The first-order valence-corrected chi connectivity index (χ1v) is 20.2. The summed E-state index contributed by atoms with van der Waals surface area (Å²) in [6, 6.07) is 16.8. The lowest BCUT2D eigenvalue weighted by Crippen LogP contribution is -2.71. The van der Waals surface area contributed by atoms with Crippen molar-refractivity contribution < 1.29 is 48.2 Å². The number of nitrogens with zero attached hydrogens (tertiary/aromatic N) is 2. The Hall–Kier alpha value is -4.86. The van der Waals surface area contributed by atoms with E-state index in [0.717, 1.165) is 6.92 Å². The molecule has 2 unspecified atom stereocenters. The number of fused-ring (bicyclic) bond motifs is 3. The normalized spacial score (nSPS) is 23.8. The molecule has 3 aliphatic rings. The molecule has 0 aromatic heterocycles. The number of nitrogens with two attached hydrogens (primary N) is 2. The van der Waals surface area contributed by atoms with E-state index in [1.165, 1.54) is 0 Å². The predicted octanol–water partition coefficient (Wildman–Crippen LogP) is 4.59. The molecule has 0 aliphatic heterocycles. The molecule has 0 saturated heterocycles. The minimum atomic E-state index is -3.76. The van der Waals surface area contributed by atoms with Gasteiger partial charge in [-0.3, -0.25) is 23.8 Å². The van der Waals surface area contributed by atoms with Gasteiger partial charge in [0.15, 0.2) is 22.9 Å². The Morgan fingerprint density at radius 1 is 1.00 bits per heavy atom. The molecule has 5 atom stereocenters. The molecule has 0 spiro atoms. The number of aromatic hydroxyl groups is 1. The summed E-state index contributed by atoms with van der Waals surface area (Å²) in [6.07, 6.45) is -0.281. The van der Waals surface area contributed by atoms with Crippen molar-refractivity contribution in [3.8, 4) is 16.9 Å². The molecule has 0 heterocycles. The molecular formula is C41H50N5O10P. The Bertz CT molecular complexity index is 2210. The summed E-state index contributed by atoms with van der Waals surface area (Å²) >= 11 is 0. The molecule has 3 aromatic rings. The van der Waals surface area contributed by atoms with Crippen molar-refractivity contribution in [2.45, 2.75) is 56.6 Å². The van der Waals surface area contributed by atoms with Crippen LogP contribution in [0.4, 0.5) is 11.4 Å². The van der Waals surface area contributed by atoms with Crippen molar-refractivity contribution in [3.63, 3.8) is 0 Å². The summed E-state index contributed by atoms with van der Waals surface area (Å²) < 4.78 is 25.7. The van der Waals surface area contributed by atoms with Gasteiger partial charge >= 0.3 is 7.60 Å². The van der Waals surface area contributed by atoms with Gasteiger partial charge in [-0.05, 0) is 82.6 Å². The Kier molecular flexibility index (Phi) is 11.3. The van der Waals surface area contributed by atoms with E-state index in [0.29, 0.717) is 28.1 Å². The molecule has 1 fully saturated rings. The average Bonchev–Trinajstić information content (AvgIpc) is 3.15. The first kappa shape index (κ1) is 41.8. The monoisotopic (exact) mass is 803 g/mol. The van der Waals surface area contributed by atoms with Crippen LogP contribution >= 0.6 is 7.60 Å². The Morgan fingerprint density at radius 2 is 1.61 bits per heavy atom. The first-order valence-electron chi connectivity index (χ1n) is 18.6. The number of anilines is 2. The van der Waals surface area contributed by atoms with Crippen LogP contribution in [0.25, 0.3) is 16.9 Å². The maximum Gasteiger partial charge on any atom is 0.357 e. The van der Waals surface area contributed by atoms with Gasteiger partial charge in [0.1, 0.15) is 17.1 Å². The number of phenols is 1. The number of carbonyl (C=O) groups excluding carboxylic acids is 3. The molecule has 1 saturated carbocycles. The van der Waals surface area contributed by atoms with Crippen LogP contribution < -0.4 is 21.8 Å². The maximum atomic E-state index is 14.6. The number of phenolic OH excluding ortho intramolecular Hbond substituents is 1. The molecular weight excluding hydrogens is 753 g/mol. The van der Waals surface area contributed by atoms with Crippen molar-refractivity contribution in [2.75, 3.05) is 51.6 Å². The molecule has 0 radical (unpaired) electrons. The van der Waals surface area contributed by atoms with Crippen LogP contribution in [-0.2, 0) is 39.3 Å². The number of likely N-dealkylation sites (N-methyl/N-ethyl adjacent to an activating group) is 1. The zero-order chi connectivity index (χ0) is 41.8. The van der Waals surface area contributed by atoms with Crippen molar-refractivity contribution in [1.82, 2.24) is 4.90 Å². The molecule has 3 aliphatic carbocycles. The number of ketones is 3. The lowest BCUT2D eigenvalue weighted by Gasteiger charge is -2.53. The molecule has 304 valence electrons. The highest BCUT2D eigenvalue weighted by atomic mass is 31.2. The van der Waals surface area contributed by atoms with Crippen LogP contribution in [0.15, 0.2) is 77.6 Å². The number of Topliss-reactive ketones (excluding diaryl/α,β-unsaturated/α-hetero) is 3. The Morgan fingerprint density at radius 3 is 2.14 bits per heavy atom. The van der Waals surface area contributed by atoms with Crippen molar-refractivity contribution >= 4 is 42.1 Å². The SMILES string of the molecule is CCOP(=O)(OCC)C(Nc1ccccc1)c1ccc(-c2cc(N(C)C)c3c(c2O)C(O)=C2C(=O)[C@]4(O)C(=O)C(C(C)=O)=C(ON)C(N(C)C)[C@@H]4C[C@]2(N)C3)cc1. The van der Waals surface area contributed by atoms with Crippen molar-refractivity contribution in [1.29, 1.82) is 0 Å². The number of aliphatic hydroxyl groups is 2. The van der Waals surface area contributed by atoms with E-state index in [9.17, 15) is 34.3 Å². The largest absolute Gasteiger partial charge is 0.507 e. The zero-order valence-corrected chi connectivity index (χ0v) is 33.9. The lowest BCUT2D eigenvalue weighted by molar-refractivity contribution is -0.163. The van der Waals surface area contributed by atoms with E-state index in [2.05, 4.69) is 5.32 Å². The van der Waals surface area contributed by atoms with E-state index >= 15 is 0 Å². The van der Waals surface area contributed by atoms with Gasteiger partial charge in [-0.15, -0.1) is 0 Å². The third kappa shape index (κ3) is 6.76. The number of aliphatic hydroxyl groups excluding tert-OH is 1. The van der Waals surface area contributed by atoms with E-state index in [4.69, 9.17) is 25.5 Å². The molecule has 0 bridgehead atoms. The highest BCUT2D eigenvalue weighted by Gasteiger charge is 2.68. The quantitative estimate of drug-likeness (QED) is 0.0601. The predicted molar refractivity (Wildman–Crippen MR) is 215 cm³/mol. The number of rotatable bonds is 13. The number of hydrogen-bond acceptors (Lipinski definition) is 15. The van der Waals surface area contributed by atoms with Gasteiger partial charge in [0.2, 0.25) is 11.6 Å². The Labute approximate surface area is 331 Å². The minimum absolute atomic E-state index is 0.0756. The molecule has 6 rings (SSSR count). The van der Waals surface area contributed by atoms with Crippen LogP contribution in [-0.4, -0.2) is 96.2 Å². The van der Waals surface area contributed by atoms with Gasteiger partial charge in [-0.25, -0.2) is 0 Å². The summed E-state index contributed by atoms with van der Waals surface area (Å²) in [6.45, 7) is 4.85. The standard InChI is InChI=1S/C41H50N5O10P/c1-8-54-57(53,55-9-2)39(44-25-13-11-10-12-14-25)24-17-15-23(16-18-24)26-19-29(45(4)5)27-20-40(42)21-28-33(46(6)7)36(56-43)30(22(3)47)37(50)41(28,52)38(51)32(40)35(49)31(27)34(26)48/h10-19,28,33,39,44,48-49,52H,8-9,20-21,42-43H2,1-7H3/t28-,33?,39?,40+,41+/m0/s1. The average molecular weight is 804 g/mol. The molecule has 3 aromatic carbocycles. The fraction of sp³-hybridized carbons (Fsp3) is 0.390. The van der Waals surface area contributed by atoms with Crippen molar-refractivity contribution in [2.24, 2.45) is 17.5 Å². The molecule has 0 amide bonds. The van der Waals surface area contributed by atoms with Crippen LogP contribution in [0.2, 0.25) is 0 Å². The van der Waals surface area contributed by atoms with Gasteiger partial charge < -0.3 is 45.2 Å². The highest BCUT2D eigenvalue weighted by Crippen LogP contribution is 2.61. The van der Waals surface area contributed by atoms with Crippen LogP contribution in [0.3, 0.4) is 0 Å². The van der Waals surface area contributed by atoms with E-state index < -0.39 is 70.7 Å². The first-order chi connectivity index (χ1) is 26.9. The summed E-state index contributed by atoms with van der Waals surface area (Å²) in [5.74, 6) is -0.950. The topological polar surface area (TPSA) is 227 Å². The molecule has 8 N–H and O–H groups in total. The number of benzene rings is 3. The van der Waals surface area contributed by atoms with Gasteiger partial charge in [0.25, 0.3) is 0 Å². The summed E-state index contributed by atoms with van der Waals surface area (Å²) in [5.41, 5.74) is 4.57. The number of hydrogen-bond donors (Lipinski definition) is 6. The molecule has 16 heteroatoms.